The molecule has 0 aliphatic carbocycles. The average Bonchev–Trinajstić information content (AvgIpc) is 1.99. The van der Waals surface area contributed by atoms with Gasteiger partial charge in [0.1, 0.15) is 0 Å². The molecule has 1 aromatic rings. The average molecular weight is 290 g/mol. The van der Waals surface area contributed by atoms with Crippen molar-refractivity contribution in [1.29, 1.82) is 0 Å². The Morgan fingerprint density at radius 1 is 1.17 bits per heavy atom. The summed E-state index contributed by atoms with van der Waals surface area (Å²) in [5, 5.41) is 0. The molecule has 0 spiro atoms. The first kappa shape index (κ1) is 9.76. The molecule has 0 N–H and O–H groups in total. The minimum Gasteiger partial charge on any atom is -0.205 e. The summed E-state index contributed by atoms with van der Waals surface area (Å²) in [5.74, 6) is -2.32. The van der Waals surface area contributed by atoms with Crippen LogP contribution in [0.2, 0.25) is 0 Å². The van der Waals surface area contributed by atoms with Gasteiger partial charge in [-0.05, 0) is 34.7 Å². The molecule has 0 saturated carbocycles. The lowest BCUT2D eigenvalue weighted by atomic mass is 10.2. The molecular formula is C7H3F4I. The Morgan fingerprint density at radius 2 is 1.75 bits per heavy atom. The van der Waals surface area contributed by atoms with Gasteiger partial charge in [-0.3, -0.25) is 0 Å². The van der Waals surface area contributed by atoms with Crippen molar-refractivity contribution >= 4 is 22.6 Å². The summed E-state index contributed by atoms with van der Waals surface area (Å²) >= 11 is 1.46. The summed E-state index contributed by atoms with van der Waals surface area (Å²) in [7, 11) is 0. The van der Waals surface area contributed by atoms with Crippen molar-refractivity contribution < 1.29 is 17.6 Å². The van der Waals surface area contributed by atoms with Gasteiger partial charge in [-0.1, -0.05) is 0 Å². The number of hydrogen-bond acceptors (Lipinski definition) is 0. The molecule has 5 heteroatoms. The van der Waals surface area contributed by atoms with Crippen LogP contribution >= 0.6 is 22.6 Å². The highest BCUT2D eigenvalue weighted by Crippen LogP contribution is 2.24. The van der Waals surface area contributed by atoms with E-state index in [1.54, 1.807) is 0 Å². The van der Waals surface area contributed by atoms with Crippen LogP contribution in [-0.2, 0) is 0 Å². The Balaban J connectivity index is 3.21. The third-order valence-electron chi connectivity index (χ3n) is 1.26. The fourth-order valence-corrected chi connectivity index (χ4v) is 1.32. The third kappa shape index (κ3) is 1.88. The van der Waals surface area contributed by atoms with Crippen LogP contribution in [0.3, 0.4) is 0 Å². The molecule has 1 aromatic carbocycles. The Morgan fingerprint density at radius 3 is 2.17 bits per heavy atom. The van der Waals surface area contributed by atoms with Gasteiger partial charge in [0.25, 0.3) is 6.43 Å². The van der Waals surface area contributed by atoms with Gasteiger partial charge in [-0.25, -0.2) is 17.6 Å². The highest BCUT2D eigenvalue weighted by molar-refractivity contribution is 14.1. The molecule has 0 aliphatic rings. The zero-order valence-electron chi connectivity index (χ0n) is 5.62. The molecule has 0 heterocycles. The maximum absolute atomic E-state index is 12.5. The smallest absolute Gasteiger partial charge is 0.205 e. The largest absolute Gasteiger partial charge is 0.263 e. The van der Waals surface area contributed by atoms with Crippen molar-refractivity contribution in [3.8, 4) is 0 Å². The SMILES string of the molecule is Fc1cc(C(F)F)cc(I)c1F. The van der Waals surface area contributed by atoms with Crippen LogP contribution < -0.4 is 0 Å². The second-order valence-corrected chi connectivity index (χ2v) is 3.26. The van der Waals surface area contributed by atoms with Crippen LogP contribution in [0.25, 0.3) is 0 Å². The van der Waals surface area contributed by atoms with Gasteiger partial charge in [0.15, 0.2) is 11.6 Å². The van der Waals surface area contributed by atoms with Crippen LogP contribution in [0.1, 0.15) is 12.0 Å². The molecular weight excluding hydrogens is 287 g/mol. The van der Waals surface area contributed by atoms with Crippen molar-refractivity contribution in [2.45, 2.75) is 6.43 Å². The van der Waals surface area contributed by atoms with E-state index >= 15 is 0 Å². The first-order valence-corrected chi connectivity index (χ1v) is 4.03. The Bertz CT molecular complexity index is 274. The second kappa shape index (κ2) is 3.59. The molecule has 0 nitrogen and oxygen atoms in total. The molecule has 66 valence electrons. The molecule has 12 heavy (non-hydrogen) atoms. The zero-order valence-corrected chi connectivity index (χ0v) is 7.78. The van der Waals surface area contributed by atoms with Crippen molar-refractivity contribution in [2.24, 2.45) is 0 Å². The Hall–Kier alpha value is -0.330. The van der Waals surface area contributed by atoms with Gasteiger partial charge < -0.3 is 0 Å². The number of alkyl halides is 2. The maximum atomic E-state index is 12.5. The first-order valence-electron chi connectivity index (χ1n) is 2.95. The van der Waals surface area contributed by atoms with E-state index in [1.165, 1.54) is 22.6 Å². The number of hydrogen-bond donors (Lipinski definition) is 0. The van der Waals surface area contributed by atoms with Crippen molar-refractivity contribution in [3.05, 3.63) is 32.9 Å². The fraction of sp³-hybridized carbons (Fsp3) is 0.143. The van der Waals surface area contributed by atoms with Gasteiger partial charge in [-0.2, -0.15) is 0 Å². The van der Waals surface area contributed by atoms with Gasteiger partial charge in [-0.15, -0.1) is 0 Å². The van der Waals surface area contributed by atoms with Gasteiger partial charge in [0, 0.05) is 5.56 Å². The lowest BCUT2D eigenvalue weighted by Gasteiger charge is -2.01. The topological polar surface area (TPSA) is 0 Å². The normalized spacial score (nSPS) is 10.8. The van der Waals surface area contributed by atoms with Crippen LogP contribution in [0.15, 0.2) is 12.1 Å². The predicted octanol–water partition coefficient (Wildman–Crippen LogP) is 3.51. The van der Waals surface area contributed by atoms with Crippen LogP contribution in [0.5, 0.6) is 0 Å². The van der Waals surface area contributed by atoms with Crippen molar-refractivity contribution in [1.82, 2.24) is 0 Å². The van der Waals surface area contributed by atoms with Crippen molar-refractivity contribution in [3.63, 3.8) is 0 Å². The van der Waals surface area contributed by atoms with E-state index < -0.39 is 23.6 Å². The molecule has 0 fully saturated rings. The zero-order chi connectivity index (χ0) is 9.30. The fourth-order valence-electron chi connectivity index (χ4n) is 0.701. The van der Waals surface area contributed by atoms with E-state index in [9.17, 15) is 17.6 Å². The summed E-state index contributed by atoms with van der Waals surface area (Å²) in [6.07, 6.45) is -2.77. The van der Waals surface area contributed by atoms with E-state index in [4.69, 9.17) is 0 Å². The number of halogens is 5. The molecule has 0 radical (unpaired) electrons. The number of rotatable bonds is 1. The maximum Gasteiger partial charge on any atom is 0.263 e. The lowest BCUT2D eigenvalue weighted by Crippen LogP contribution is -1.93. The lowest BCUT2D eigenvalue weighted by molar-refractivity contribution is 0.150. The van der Waals surface area contributed by atoms with E-state index in [1.807, 2.05) is 0 Å². The van der Waals surface area contributed by atoms with Gasteiger partial charge >= 0.3 is 0 Å². The summed E-state index contributed by atoms with van der Waals surface area (Å²) in [6, 6.07) is 1.42. The minimum absolute atomic E-state index is 0.136. The summed E-state index contributed by atoms with van der Waals surface area (Å²) < 4.78 is 48.8. The van der Waals surface area contributed by atoms with Crippen LogP contribution in [0, 0.1) is 15.2 Å². The van der Waals surface area contributed by atoms with Gasteiger partial charge in [0.2, 0.25) is 0 Å². The molecule has 0 aliphatic heterocycles. The minimum atomic E-state index is -2.77. The molecule has 0 unspecified atom stereocenters. The highest BCUT2D eigenvalue weighted by Gasteiger charge is 2.13. The third-order valence-corrected chi connectivity index (χ3v) is 2.04. The van der Waals surface area contributed by atoms with E-state index in [-0.39, 0.29) is 3.57 Å². The second-order valence-electron chi connectivity index (χ2n) is 2.10. The molecule has 1 rings (SSSR count). The quantitative estimate of drug-likeness (QED) is 0.422. The molecule has 0 amide bonds. The van der Waals surface area contributed by atoms with E-state index in [0.717, 1.165) is 6.07 Å². The predicted molar refractivity (Wildman–Crippen MR) is 44.0 cm³/mol. The Kier molecular flexibility index (Phi) is 2.92. The molecule has 0 atom stereocenters. The summed E-state index contributed by atoms with van der Waals surface area (Å²) in [5.41, 5.74) is -0.502. The molecule has 0 aromatic heterocycles. The van der Waals surface area contributed by atoms with E-state index in [2.05, 4.69) is 0 Å². The standard InChI is InChI=1S/C7H3F4I/c8-4-1-3(7(10)11)2-5(12)6(4)9/h1-2,7H. The summed E-state index contributed by atoms with van der Waals surface area (Å²) in [6.45, 7) is 0. The van der Waals surface area contributed by atoms with E-state index in [0.29, 0.717) is 6.07 Å². The van der Waals surface area contributed by atoms with Crippen LogP contribution in [-0.4, -0.2) is 0 Å². The summed E-state index contributed by atoms with van der Waals surface area (Å²) in [4.78, 5) is 0. The van der Waals surface area contributed by atoms with Crippen molar-refractivity contribution in [2.75, 3.05) is 0 Å². The van der Waals surface area contributed by atoms with Crippen LogP contribution in [0.4, 0.5) is 17.6 Å². The molecule has 0 bridgehead atoms. The van der Waals surface area contributed by atoms with Gasteiger partial charge in [0.05, 0.1) is 3.57 Å². The number of benzene rings is 1. The highest BCUT2D eigenvalue weighted by atomic mass is 127. The first-order chi connectivity index (χ1) is 5.52. The Labute approximate surface area is 79.7 Å². The monoisotopic (exact) mass is 290 g/mol. The molecule has 0 saturated heterocycles.